The average molecular weight is 425 g/mol. The molecule has 0 fully saturated rings. The number of aromatic nitrogens is 1. The van der Waals surface area contributed by atoms with Crippen molar-refractivity contribution in [2.45, 2.75) is 4.90 Å². The summed E-state index contributed by atoms with van der Waals surface area (Å²) < 4.78 is 27.3. The van der Waals surface area contributed by atoms with Crippen LogP contribution in [-0.4, -0.2) is 32.4 Å². The molecule has 0 aliphatic heterocycles. The van der Waals surface area contributed by atoms with Gasteiger partial charge in [-0.05, 0) is 60.7 Å². The van der Waals surface area contributed by atoms with E-state index in [0.29, 0.717) is 22.6 Å². The Kier molecular flexibility index (Phi) is 6.28. The van der Waals surface area contributed by atoms with Gasteiger partial charge in [0.25, 0.3) is 15.9 Å². The van der Waals surface area contributed by atoms with Crippen molar-refractivity contribution in [1.82, 2.24) is 10.3 Å². The van der Waals surface area contributed by atoms with Gasteiger partial charge in [0.2, 0.25) is 0 Å². The lowest BCUT2D eigenvalue weighted by Crippen LogP contribution is -2.24. The summed E-state index contributed by atoms with van der Waals surface area (Å²) >= 11 is 0. The van der Waals surface area contributed by atoms with E-state index >= 15 is 0 Å². The number of nitrogens with zero attached hydrogens (tertiary/aromatic N) is 1. The van der Waals surface area contributed by atoms with Crippen LogP contribution in [0.2, 0.25) is 0 Å². The summed E-state index contributed by atoms with van der Waals surface area (Å²) in [5, 5.41) is 7.76. The zero-order valence-corrected chi connectivity index (χ0v) is 16.7. The van der Waals surface area contributed by atoms with E-state index in [4.69, 9.17) is 0 Å². The highest BCUT2D eigenvalue weighted by atomic mass is 32.2. The van der Waals surface area contributed by atoms with Crippen molar-refractivity contribution < 1.29 is 18.0 Å². The van der Waals surface area contributed by atoms with Crippen molar-refractivity contribution >= 4 is 39.0 Å². The Morgan fingerprint density at radius 2 is 1.33 bits per heavy atom. The number of sulfonamides is 1. The number of hydrogen-bond acceptors (Lipinski definition) is 5. The van der Waals surface area contributed by atoms with Crippen LogP contribution in [-0.2, 0) is 10.0 Å². The normalized spacial score (nSPS) is 10.7. The van der Waals surface area contributed by atoms with Crippen molar-refractivity contribution in [1.29, 1.82) is 0 Å². The van der Waals surface area contributed by atoms with Crippen LogP contribution in [0.1, 0.15) is 10.4 Å². The van der Waals surface area contributed by atoms with Gasteiger partial charge in [0.15, 0.2) is 0 Å². The van der Waals surface area contributed by atoms with Crippen LogP contribution in [0.25, 0.3) is 0 Å². The summed E-state index contributed by atoms with van der Waals surface area (Å²) in [5.74, 6) is -0.395. The van der Waals surface area contributed by atoms with Crippen LogP contribution < -0.4 is 20.7 Å². The maximum Gasteiger partial charge on any atom is 0.318 e. The van der Waals surface area contributed by atoms with Gasteiger partial charge in [0.1, 0.15) is 0 Å². The summed E-state index contributed by atoms with van der Waals surface area (Å²) in [6, 6.07) is 14.9. The molecule has 1 aromatic heterocycles. The second-order valence-electron chi connectivity index (χ2n) is 6.10. The number of rotatable bonds is 6. The topological polar surface area (TPSA) is 129 Å². The Morgan fingerprint density at radius 3 is 1.90 bits per heavy atom. The van der Waals surface area contributed by atoms with Crippen molar-refractivity contribution in [3.8, 4) is 0 Å². The average Bonchev–Trinajstić information content (AvgIpc) is 2.75. The lowest BCUT2D eigenvalue weighted by Gasteiger charge is -2.10. The maximum atomic E-state index is 12.4. The van der Waals surface area contributed by atoms with E-state index in [2.05, 4.69) is 25.7 Å². The van der Waals surface area contributed by atoms with Gasteiger partial charge in [0, 0.05) is 36.4 Å². The highest BCUT2D eigenvalue weighted by molar-refractivity contribution is 7.92. The molecule has 2 aromatic carbocycles. The molecule has 4 N–H and O–H groups in total. The van der Waals surface area contributed by atoms with Crippen LogP contribution in [0.5, 0.6) is 0 Å². The number of amides is 3. The fraction of sp³-hybridized carbons (Fsp3) is 0.0500. The van der Waals surface area contributed by atoms with Crippen LogP contribution in [0.3, 0.4) is 0 Å². The molecule has 0 atom stereocenters. The van der Waals surface area contributed by atoms with E-state index in [1.807, 2.05) is 0 Å². The smallest absolute Gasteiger partial charge is 0.318 e. The Hall–Kier alpha value is -3.92. The van der Waals surface area contributed by atoms with E-state index in [9.17, 15) is 18.0 Å². The van der Waals surface area contributed by atoms with Gasteiger partial charge in [-0.25, -0.2) is 13.2 Å². The third-order valence-corrected chi connectivity index (χ3v) is 5.38. The molecule has 1 heterocycles. The first-order valence-corrected chi connectivity index (χ1v) is 10.3. The van der Waals surface area contributed by atoms with Crippen molar-refractivity contribution in [2.24, 2.45) is 0 Å². The van der Waals surface area contributed by atoms with E-state index < -0.39 is 15.9 Å². The van der Waals surface area contributed by atoms with Crippen molar-refractivity contribution in [2.75, 3.05) is 22.4 Å². The molecule has 0 aliphatic carbocycles. The lowest BCUT2D eigenvalue weighted by atomic mass is 10.2. The number of benzene rings is 2. The molecule has 3 aromatic rings. The molecule has 0 saturated carbocycles. The molecule has 0 spiro atoms. The lowest BCUT2D eigenvalue weighted by molar-refractivity contribution is 0.102. The number of pyridine rings is 1. The number of urea groups is 1. The summed E-state index contributed by atoms with van der Waals surface area (Å²) in [4.78, 5) is 27.6. The molecule has 10 heteroatoms. The van der Waals surface area contributed by atoms with Crippen LogP contribution in [0.4, 0.5) is 21.9 Å². The standard InChI is InChI=1S/C20H19N5O4S/c1-21-20(27)24-16-6-4-15(5-7-16)23-19(26)14-2-8-18(9-3-14)30(28,29)25-17-10-12-22-13-11-17/h2-13H,1H3,(H,22,25)(H,23,26)(H2,21,24,27). The Bertz CT molecular complexity index is 1130. The quantitative estimate of drug-likeness (QED) is 0.483. The van der Waals surface area contributed by atoms with Gasteiger partial charge in [-0.3, -0.25) is 14.5 Å². The SMILES string of the molecule is CNC(=O)Nc1ccc(NC(=O)c2ccc(S(=O)(=O)Nc3ccncc3)cc2)cc1. The van der Waals surface area contributed by atoms with Gasteiger partial charge < -0.3 is 16.0 Å². The summed E-state index contributed by atoms with van der Waals surface area (Å²) in [6.07, 6.45) is 2.96. The summed E-state index contributed by atoms with van der Waals surface area (Å²) in [7, 11) is -2.27. The minimum Gasteiger partial charge on any atom is -0.341 e. The van der Waals surface area contributed by atoms with Crippen LogP contribution >= 0.6 is 0 Å². The third kappa shape index (κ3) is 5.32. The first-order valence-electron chi connectivity index (χ1n) is 8.80. The number of anilines is 3. The highest BCUT2D eigenvalue weighted by Gasteiger charge is 2.15. The first kappa shape index (κ1) is 20.8. The zero-order valence-electron chi connectivity index (χ0n) is 15.9. The third-order valence-electron chi connectivity index (χ3n) is 3.99. The predicted octanol–water partition coefficient (Wildman–Crippen LogP) is 2.89. The monoisotopic (exact) mass is 425 g/mol. The minimum absolute atomic E-state index is 0.0282. The van der Waals surface area contributed by atoms with Crippen molar-refractivity contribution in [3.63, 3.8) is 0 Å². The Labute approximate surface area is 173 Å². The Morgan fingerprint density at radius 1 is 0.767 bits per heavy atom. The second kappa shape index (κ2) is 9.05. The largest absolute Gasteiger partial charge is 0.341 e. The molecule has 0 unspecified atom stereocenters. The van der Waals surface area contributed by atoms with E-state index in [1.54, 1.807) is 24.3 Å². The van der Waals surface area contributed by atoms with Gasteiger partial charge in [-0.15, -0.1) is 0 Å². The van der Waals surface area contributed by atoms with E-state index in [0.717, 1.165) is 0 Å². The molecule has 3 amide bonds. The molecule has 30 heavy (non-hydrogen) atoms. The van der Waals surface area contributed by atoms with Gasteiger partial charge >= 0.3 is 6.03 Å². The fourth-order valence-corrected chi connectivity index (χ4v) is 3.51. The molecular weight excluding hydrogens is 406 g/mol. The molecule has 0 saturated heterocycles. The van der Waals surface area contributed by atoms with Crippen LogP contribution in [0, 0.1) is 0 Å². The number of carbonyl (C=O) groups excluding carboxylic acids is 2. The van der Waals surface area contributed by atoms with Crippen molar-refractivity contribution in [3.05, 3.63) is 78.6 Å². The second-order valence-corrected chi connectivity index (χ2v) is 7.78. The summed E-state index contributed by atoms with van der Waals surface area (Å²) in [6.45, 7) is 0. The zero-order chi connectivity index (χ0) is 21.6. The van der Waals surface area contributed by atoms with Gasteiger partial charge in [0.05, 0.1) is 10.6 Å². The molecule has 9 nitrogen and oxygen atoms in total. The maximum absolute atomic E-state index is 12.4. The fourth-order valence-electron chi connectivity index (χ4n) is 2.45. The van der Waals surface area contributed by atoms with E-state index in [-0.39, 0.29) is 10.9 Å². The first-order chi connectivity index (χ1) is 14.4. The highest BCUT2D eigenvalue weighted by Crippen LogP contribution is 2.18. The number of hydrogen-bond donors (Lipinski definition) is 4. The number of nitrogens with one attached hydrogen (secondary N) is 4. The molecule has 0 radical (unpaired) electrons. The molecule has 0 aliphatic rings. The molecule has 3 rings (SSSR count). The Balaban J connectivity index is 1.65. The van der Waals surface area contributed by atoms with Gasteiger partial charge in [-0.2, -0.15) is 0 Å². The molecule has 0 bridgehead atoms. The predicted molar refractivity (Wildman–Crippen MR) is 114 cm³/mol. The van der Waals surface area contributed by atoms with E-state index in [1.165, 1.54) is 55.8 Å². The van der Waals surface area contributed by atoms with Crippen LogP contribution in [0.15, 0.2) is 78.0 Å². The molecule has 154 valence electrons. The summed E-state index contributed by atoms with van der Waals surface area (Å²) in [5.41, 5.74) is 1.79. The van der Waals surface area contributed by atoms with Gasteiger partial charge in [-0.1, -0.05) is 0 Å². The minimum atomic E-state index is -3.78. The molecular formula is C20H19N5O4S. The number of carbonyl (C=O) groups is 2.